The predicted octanol–water partition coefficient (Wildman–Crippen LogP) is 3.40. The van der Waals surface area contributed by atoms with Gasteiger partial charge in [-0.15, -0.1) is 10.2 Å². The number of piperazine rings is 1. The maximum Gasteiger partial charge on any atom is 0.270 e. The summed E-state index contributed by atoms with van der Waals surface area (Å²) < 4.78 is 10.7. The molecule has 2 aromatic carbocycles. The molecule has 0 saturated carbocycles. The van der Waals surface area contributed by atoms with Gasteiger partial charge in [0, 0.05) is 43.9 Å². The number of hydrogen-bond acceptors (Lipinski definition) is 8. The molecule has 1 amide bonds. The summed E-state index contributed by atoms with van der Waals surface area (Å²) in [6.45, 7) is 2.19. The van der Waals surface area contributed by atoms with E-state index in [-0.39, 0.29) is 29.0 Å². The third-order valence-electron chi connectivity index (χ3n) is 5.60. The summed E-state index contributed by atoms with van der Waals surface area (Å²) in [6.07, 6.45) is 0. The van der Waals surface area contributed by atoms with Crippen LogP contribution in [0.4, 0.5) is 11.5 Å². The fourth-order valence-corrected chi connectivity index (χ4v) is 4.00. The van der Waals surface area contributed by atoms with Gasteiger partial charge in [-0.3, -0.25) is 14.9 Å². The number of amides is 1. The number of non-ortho nitro benzene ring substituents is 1. The molecule has 168 valence electrons. The Balaban J connectivity index is 1.24. The Morgan fingerprint density at radius 3 is 2.48 bits per heavy atom. The highest BCUT2D eigenvalue weighted by atomic mass is 35.5. The zero-order valence-corrected chi connectivity index (χ0v) is 18.1. The number of halogens is 1. The number of benzene rings is 2. The van der Waals surface area contributed by atoms with Crippen LogP contribution in [0.15, 0.2) is 48.5 Å². The standard InChI is InChI=1S/C22H18ClN5O5/c23-17-3-2-15(28(30)31)12-16(17)22(29)27-9-7-26(8-10-27)21-6-4-18(24-25-21)14-1-5-19-20(11-14)33-13-32-19/h1-6,11-12H,7-10,13H2. The molecule has 11 heteroatoms. The number of anilines is 1. The van der Waals surface area contributed by atoms with Gasteiger partial charge in [0.05, 0.1) is 21.2 Å². The molecule has 3 heterocycles. The lowest BCUT2D eigenvalue weighted by molar-refractivity contribution is -0.384. The molecular formula is C22H18ClN5O5. The third-order valence-corrected chi connectivity index (χ3v) is 5.93. The molecule has 0 spiro atoms. The van der Waals surface area contributed by atoms with E-state index in [4.69, 9.17) is 21.1 Å². The average molecular weight is 468 g/mol. The Hall–Kier alpha value is -3.92. The fourth-order valence-electron chi connectivity index (χ4n) is 3.80. The summed E-state index contributed by atoms with van der Waals surface area (Å²) >= 11 is 6.12. The SMILES string of the molecule is O=C(c1cc([N+](=O)[O-])ccc1Cl)N1CCN(c2ccc(-c3ccc4c(c3)OCO4)nn2)CC1. The first-order valence-electron chi connectivity index (χ1n) is 10.2. The second kappa shape index (κ2) is 8.55. The molecular weight excluding hydrogens is 450 g/mol. The number of fused-ring (bicyclic) bond motifs is 1. The molecule has 2 aliphatic rings. The van der Waals surface area contributed by atoms with Crippen LogP contribution in [0.5, 0.6) is 11.5 Å². The minimum Gasteiger partial charge on any atom is -0.454 e. The van der Waals surface area contributed by atoms with E-state index in [1.165, 1.54) is 18.2 Å². The fraction of sp³-hybridized carbons (Fsp3) is 0.227. The van der Waals surface area contributed by atoms with E-state index in [9.17, 15) is 14.9 Å². The Morgan fingerprint density at radius 1 is 0.970 bits per heavy atom. The van der Waals surface area contributed by atoms with Gasteiger partial charge in [-0.05, 0) is 36.4 Å². The molecule has 2 aliphatic heterocycles. The van der Waals surface area contributed by atoms with Gasteiger partial charge in [-0.25, -0.2) is 0 Å². The molecule has 0 aliphatic carbocycles. The van der Waals surface area contributed by atoms with Gasteiger partial charge in [0.25, 0.3) is 11.6 Å². The quantitative estimate of drug-likeness (QED) is 0.424. The van der Waals surface area contributed by atoms with Crippen LogP contribution in [0.1, 0.15) is 10.4 Å². The third kappa shape index (κ3) is 4.12. The summed E-state index contributed by atoms with van der Waals surface area (Å²) in [5.74, 6) is 1.78. The maximum absolute atomic E-state index is 12.9. The second-order valence-corrected chi connectivity index (χ2v) is 7.95. The van der Waals surface area contributed by atoms with Gasteiger partial charge in [0.2, 0.25) is 6.79 Å². The van der Waals surface area contributed by atoms with E-state index in [1.54, 1.807) is 4.90 Å². The summed E-state index contributed by atoms with van der Waals surface area (Å²) in [5.41, 5.74) is 1.56. The second-order valence-electron chi connectivity index (χ2n) is 7.55. The highest BCUT2D eigenvalue weighted by molar-refractivity contribution is 6.33. The number of nitrogens with zero attached hydrogens (tertiary/aromatic N) is 5. The van der Waals surface area contributed by atoms with Crippen LogP contribution in [-0.4, -0.2) is 58.9 Å². The molecule has 33 heavy (non-hydrogen) atoms. The molecule has 0 bridgehead atoms. The van der Waals surface area contributed by atoms with E-state index in [0.29, 0.717) is 49.2 Å². The molecule has 1 fully saturated rings. The zero-order valence-electron chi connectivity index (χ0n) is 17.3. The summed E-state index contributed by atoms with van der Waals surface area (Å²) in [7, 11) is 0. The summed E-state index contributed by atoms with van der Waals surface area (Å²) in [5, 5.41) is 19.9. The number of carbonyl (C=O) groups is 1. The minimum atomic E-state index is -0.545. The van der Waals surface area contributed by atoms with Crippen LogP contribution in [0.2, 0.25) is 5.02 Å². The van der Waals surface area contributed by atoms with Gasteiger partial charge in [0.1, 0.15) is 0 Å². The Morgan fingerprint density at radius 2 is 1.76 bits per heavy atom. The van der Waals surface area contributed by atoms with E-state index < -0.39 is 4.92 Å². The van der Waals surface area contributed by atoms with Gasteiger partial charge in [-0.2, -0.15) is 0 Å². The van der Waals surface area contributed by atoms with Crippen molar-refractivity contribution in [3.8, 4) is 22.8 Å². The van der Waals surface area contributed by atoms with Crippen LogP contribution in [0.3, 0.4) is 0 Å². The van der Waals surface area contributed by atoms with Crippen molar-refractivity contribution in [3.05, 3.63) is 69.2 Å². The van der Waals surface area contributed by atoms with Crippen molar-refractivity contribution in [3.63, 3.8) is 0 Å². The van der Waals surface area contributed by atoms with Crippen molar-refractivity contribution in [2.75, 3.05) is 37.9 Å². The number of ether oxygens (including phenoxy) is 2. The highest BCUT2D eigenvalue weighted by Crippen LogP contribution is 2.35. The monoisotopic (exact) mass is 467 g/mol. The number of rotatable bonds is 4. The summed E-state index contributed by atoms with van der Waals surface area (Å²) in [4.78, 5) is 27.0. The van der Waals surface area contributed by atoms with Crippen LogP contribution in [0.25, 0.3) is 11.3 Å². The molecule has 0 N–H and O–H groups in total. The van der Waals surface area contributed by atoms with Crippen LogP contribution in [0, 0.1) is 10.1 Å². The maximum atomic E-state index is 12.9. The molecule has 3 aromatic rings. The van der Waals surface area contributed by atoms with Gasteiger partial charge in [-0.1, -0.05) is 11.6 Å². The number of nitro benzene ring substituents is 1. The number of hydrogen-bond donors (Lipinski definition) is 0. The lowest BCUT2D eigenvalue weighted by Crippen LogP contribution is -2.49. The number of aromatic nitrogens is 2. The normalized spacial score (nSPS) is 14.9. The molecule has 0 atom stereocenters. The lowest BCUT2D eigenvalue weighted by Gasteiger charge is -2.35. The first kappa shape index (κ1) is 21.0. The first-order chi connectivity index (χ1) is 16.0. The van der Waals surface area contributed by atoms with E-state index in [1.807, 2.05) is 35.2 Å². The van der Waals surface area contributed by atoms with Crippen molar-refractivity contribution >= 4 is 29.0 Å². The molecule has 0 unspecified atom stereocenters. The lowest BCUT2D eigenvalue weighted by atomic mass is 10.1. The minimum absolute atomic E-state index is 0.132. The Labute approximate surface area is 193 Å². The topological polar surface area (TPSA) is 111 Å². The average Bonchev–Trinajstić information content (AvgIpc) is 3.32. The molecule has 1 saturated heterocycles. The molecule has 5 rings (SSSR count). The highest BCUT2D eigenvalue weighted by Gasteiger charge is 2.26. The largest absolute Gasteiger partial charge is 0.454 e. The van der Waals surface area contributed by atoms with Crippen LogP contribution < -0.4 is 14.4 Å². The zero-order chi connectivity index (χ0) is 22.9. The molecule has 10 nitrogen and oxygen atoms in total. The number of nitro groups is 1. The van der Waals surface area contributed by atoms with Crippen LogP contribution in [-0.2, 0) is 0 Å². The van der Waals surface area contributed by atoms with E-state index >= 15 is 0 Å². The summed E-state index contributed by atoms with van der Waals surface area (Å²) in [6, 6.07) is 13.3. The van der Waals surface area contributed by atoms with Crippen molar-refractivity contribution in [2.45, 2.75) is 0 Å². The van der Waals surface area contributed by atoms with Crippen molar-refractivity contribution < 1.29 is 19.2 Å². The van der Waals surface area contributed by atoms with Crippen molar-refractivity contribution in [2.24, 2.45) is 0 Å². The van der Waals surface area contributed by atoms with Gasteiger partial charge in [0.15, 0.2) is 17.3 Å². The van der Waals surface area contributed by atoms with E-state index in [2.05, 4.69) is 10.2 Å². The molecule has 1 aromatic heterocycles. The van der Waals surface area contributed by atoms with Crippen LogP contribution >= 0.6 is 11.6 Å². The van der Waals surface area contributed by atoms with E-state index in [0.717, 1.165) is 5.56 Å². The smallest absolute Gasteiger partial charge is 0.270 e. The van der Waals surface area contributed by atoms with Crippen molar-refractivity contribution in [1.29, 1.82) is 0 Å². The first-order valence-corrected chi connectivity index (χ1v) is 10.6. The Kier molecular flexibility index (Phi) is 5.43. The Bertz CT molecular complexity index is 1230. The van der Waals surface area contributed by atoms with Gasteiger partial charge < -0.3 is 19.3 Å². The predicted molar refractivity (Wildman–Crippen MR) is 120 cm³/mol. The molecule has 0 radical (unpaired) electrons. The van der Waals surface area contributed by atoms with Gasteiger partial charge >= 0.3 is 0 Å². The number of carbonyl (C=O) groups excluding carboxylic acids is 1. The van der Waals surface area contributed by atoms with Crippen molar-refractivity contribution in [1.82, 2.24) is 15.1 Å².